The summed E-state index contributed by atoms with van der Waals surface area (Å²) in [5.41, 5.74) is 5.42. The van der Waals surface area contributed by atoms with Crippen molar-refractivity contribution in [2.45, 2.75) is 51.6 Å². The van der Waals surface area contributed by atoms with Crippen molar-refractivity contribution < 1.29 is 9.13 Å². The van der Waals surface area contributed by atoms with E-state index in [2.05, 4.69) is 92.3 Å². The summed E-state index contributed by atoms with van der Waals surface area (Å²) >= 11 is 0. The number of pyridine rings is 2. The van der Waals surface area contributed by atoms with E-state index in [0.29, 0.717) is 0 Å². The van der Waals surface area contributed by atoms with Gasteiger partial charge in [0.1, 0.15) is 0 Å². The predicted octanol–water partition coefficient (Wildman–Crippen LogP) is 4.34. The quantitative estimate of drug-likeness (QED) is 0.542. The molecule has 2 fully saturated rings. The van der Waals surface area contributed by atoms with Crippen molar-refractivity contribution >= 4 is 11.4 Å². The molecule has 0 atom stereocenters. The molecule has 0 amide bonds. The van der Waals surface area contributed by atoms with Crippen molar-refractivity contribution in [2.75, 3.05) is 36.0 Å². The van der Waals surface area contributed by atoms with E-state index in [9.17, 15) is 0 Å². The number of hydrogen-bond donors (Lipinski definition) is 0. The Bertz CT molecular complexity index is 906. The van der Waals surface area contributed by atoms with Crippen LogP contribution < -0.4 is 18.9 Å². The highest BCUT2D eigenvalue weighted by atomic mass is 15.1. The number of hydrogen-bond acceptors (Lipinski definition) is 2. The minimum atomic E-state index is 0.909. The second-order valence-corrected chi connectivity index (χ2v) is 9.37. The van der Waals surface area contributed by atoms with Crippen LogP contribution in [0.5, 0.6) is 0 Å². The maximum Gasteiger partial charge on any atom is 0.173 e. The van der Waals surface area contributed by atoms with Crippen LogP contribution in [-0.4, -0.2) is 26.2 Å². The van der Waals surface area contributed by atoms with E-state index in [1.165, 1.54) is 87.2 Å². The number of nitrogens with zero attached hydrogens (tertiary/aromatic N) is 4. The van der Waals surface area contributed by atoms with E-state index in [0.717, 1.165) is 13.1 Å². The zero-order valence-electron chi connectivity index (χ0n) is 19.2. The molecular weight excluding hydrogens is 392 g/mol. The van der Waals surface area contributed by atoms with Crippen molar-refractivity contribution in [2.24, 2.45) is 0 Å². The molecule has 5 rings (SSSR count). The molecule has 2 saturated heterocycles. The lowest BCUT2D eigenvalue weighted by molar-refractivity contribution is -0.689. The molecule has 0 unspecified atom stereocenters. The molecule has 3 aromatic rings. The average molecular weight is 429 g/mol. The Morgan fingerprint density at radius 2 is 0.938 bits per heavy atom. The Kier molecular flexibility index (Phi) is 6.66. The van der Waals surface area contributed by atoms with Crippen LogP contribution in [0.15, 0.2) is 73.3 Å². The number of rotatable bonds is 6. The zero-order valence-corrected chi connectivity index (χ0v) is 19.2. The topological polar surface area (TPSA) is 14.2 Å². The fraction of sp³-hybridized carbons (Fsp3) is 0.429. The fourth-order valence-corrected chi connectivity index (χ4v) is 5.08. The highest BCUT2D eigenvalue weighted by Gasteiger charge is 2.14. The van der Waals surface area contributed by atoms with Gasteiger partial charge in [0.15, 0.2) is 37.9 Å². The van der Waals surface area contributed by atoms with Gasteiger partial charge in [0.25, 0.3) is 0 Å². The van der Waals surface area contributed by atoms with Crippen LogP contribution in [0.2, 0.25) is 0 Å². The zero-order chi connectivity index (χ0) is 21.6. The predicted molar refractivity (Wildman–Crippen MR) is 130 cm³/mol. The summed E-state index contributed by atoms with van der Waals surface area (Å²) in [4.78, 5) is 5.03. The standard InChI is InChI=1S/C28H36N4/c1-3-14-31(15-4-1)27-10-18-29(19-11-27)23-25-8-7-9-26(22-25)24-30-20-12-28(13-21-30)32-16-5-2-6-17-32/h7-13,18-22H,1-6,14-17,23-24H2/q+2. The van der Waals surface area contributed by atoms with E-state index in [4.69, 9.17) is 0 Å². The first-order valence-corrected chi connectivity index (χ1v) is 12.4. The molecule has 166 valence electrons. The summed E-state index contributed by atoms with van der Waals surface area (Å²) in [6.07, 6.45) is 16.9. The number of anilines is 2. The minimum absolute atomic E-state index is 0.909. The lowest BCUT2D eigenvalue weighted by Crippen LogP contribution is -2.36. The molecule has 1 aromatic carbocycles. The van der Waals surface area contributed by atoms with Gasteiger partial charge in [0.2, 0.25) is 0 Å². The number of benzene rings is 1. The Morgan fingerprint density at radius 3 is 1.34 bits per heavy atom. The highest BCUT2D eigenvalue weighted by Crippen LogP contribution is 2.19. The summed E-state index contributed by atoms with van der Waals surface area (Å²) in [5, 5.41) is 0. The molecule has 4 heteroatoms. The maximum atomic E-state index is 2.52. The molecule has 4 nitrogen and oxygen atoms in total. The molecule has 0 radical (unpaired) electrons. The van der Waals surface area contributed by atoms with Gasteiger partial charge in [-0.15, -0.1) is 0 Å². The third kappa shape index (κ3) is 5.29. The smallest absolute Gasteiger partial charge is 0.173 e. The van der Waals surface area contributed by atoms with Crippen molar-refractivity contribution in [1.29, 1.82) is 0 Å². The maximum absolute atomic E-state index is 2.52. The molecule has 4 heterocycles. The SMILES string of the molecule is c1cc(C[n+]2ccc(N3CCCCC3)cc2)cc(C[n+]2ccc(N3CCCCC3)cc2)c1. The van der Waals surface area contributed by atoms with Crippen LogP contribution >= 0.6 is 0 Å². The summed E-state index contributed by atoms with van der Waals surface area (Å²) in [7, 11) is 0. The molecule has 2 aliphatic rings. The summed E-state index contributed by atoms with van der Waals surface area (Å²) in [6, 6.07) is 18.1. The Balaban J connectivity index is 1.21. The van der Waals surface area contributed by atoms with Crippen LogP contribution in [0, 0.1) is 0 Å². The number of piperidine rings is 2. The lowest BCUT2D eigenvalue weighted by atomic mass is 10.1. The third-order valence-corrected chi connectivity index (χ3v) is 6.91. The molecule has 2 aromatic heterocycles. The van der Waals surface area contributed by atoms with Gasteiger partial charge < -0.3 is 9.80 Å². The lowest BCUT2D eigenvalue weighted by Gasteiger charge is -2.28. The van der Waals surface area contributed by atoms with Gasteiger partial charge in [-0.3, -0.25) is 0 Å². The van der Waals surface area contributed by atoms with Gasteiger partial charge in [0, 0.05) is 72.9 Å². The highest BCUT2D eigenvalue weighted by molar-refractivity contribution is 5.44. The summed E-state index contributed by atoms with van der Waals surface area (Å²) in [5.74, 6) is 0. The van der Waals surface area contributed by atoms with Gasteiger partial charge in [-0.25, -0.2) is 9.13 Å². The Labute approximate surface area is 192 Å². The van der Waals surface area contributed by atoms with Crippen molar-refractivity contribution in [3.63, 3.8) is 0 Å². The molecular formula is C28H36N4+2. The van der Waals surface area contributed by atoms with E-state index in [1.54, 1.807) is 0 Å². The van der Waals surface area contributed by atoms with Crippen LogP contribution in [-0.2, 0) is 13.1 Å². The third-order valence-electron chi connectivity index (χ3n) is 6.91. The van der Waals surface area contributed by atoms with Crippen LogP contribution in [0.1, 0.15) is 49.7 Å². The van der Waals surface area contributed by atoms with E-state index < -0.39 is 0 Å². The minimum Gasteiger partial charge on any atom is -0.371 e. The van der Waals surface area contributed by atoms with Gasteiger partial charge in [0.05, 0.1) is 0 Å². The molecule has 32 heavy (non-hydrogen) atoms. The first-order chi connectivity index (χ1) is 15.8. The largest absolute Gasteiger partial charge is 0.371 e. The fourth-order valence-electron chi connectivity index (χ4n) is 5.08. The first kappa shape index (κ1) is 21.0. The van der Waals surface area contributed by atoms with E-state index in [-0.39, 0.29) is 0 Å². The molecule has 0 aliphatic carbocycles. The number of aromatic nitrogens is 2. The van der Waals surface area contributed by atoms with Crippen LogP contribution in [0.25, 0.3) is 0 Å². The van der Waals surface area contributed by atoms with Crippen LogP contribution in [0.4, 0.5) is 11.4 Å². The van der Waals surface area contributed by atoms with Crippen molar-refractivity contribution in [3.8, 4) is 0 Å². The average Bonchev–Trinajstić information content (AvgIpc) is 2.86. The first-order valence-electron chi connectivity index (χ1n) is 12.4. The molecule has 2 aliphatic heterocycles. The van der Waals surface area contributed by atoms with Crippen LogP contribution in [0.3, 0.4) is 0 Å². The van der Waals surface area contributed by atoms with E-state index in [1.807, 2.05) is 0 Å². The summed E-state index contributed by atoms with van der Waals surface area (Å²) < 4.78 is 4.57. The van der Waals surface area contributed by atoms with Gasteiger partial charge >= 0.3 is 0 Å². The van der Waals surface area contributed by atoms with Gasteiger partial charge in [-0.05, 0) is 44.6 Å². The second kappa shape index (κ2) is 10.2. The summed E-state index contributed by atoms with van der Waals surface area (Å²) in [6.45, 7) is 6.61. The second-order valence-electron chi connectivity index (χ2n) is 9.37. The van der Waals surface area contributed by atoms with Gasteiger partial charge in [-0.1, -0.05) is 18.2 Å². The molecule has 0 spiro atoms. The van der Waals surface area contributed by atoms with Gasteiger partial charge in [-0.2, -0.15) is 0 Å². The van der Waals surface area contributed by atoms with Crippen molar-refractivity contribution in [1.82, 2.24) is 0 Å². The molecule has 0 saturated carbocycles. The normalized spacial score (nSPS) is 16.9. The Morgan fingerprint density at radius 1 is 0.531 bits per heavy atom. The molecule has 0 N–H and O–H groups in total. The van der Waals surface area contributed by atoms with Crippen molar-refractivity contribution in [3.05, 3.63) is 84.4 Å². The molecule has 0 bridgehead atoms. The monoisotopic (exact) mass is 428 g/mol. The Hall–Kier alpha value is -2.88. The van der Waals surface area contributed by atoms with E-state index >= 15 is 0 Å².